The fourth-order valence-electron chi connectivity index (χ4n) is 1.49. The van der Waals surface area contributed by atoms with E-state index in [1.54, 1.807) is 4.90 Å². The first kappa shape index (κ1) is 9.14. The summed E-state index contributed by atoms with van der Waals surface area (Å²) < 4.78 is 0. The molecule has 14 heavy (non-hydrogen) atoms. The summed E-state index contributed by atoms with van der Waals surface area (Å²) in [4.78, 5) is 24.0. The Bertz CT molecular complexity index is 306. The number of nitrogens with one attached hydrogen (secondary N) is 1. The SMILES string of the molecule is NC1CN(C(=O)C2=NNC(=O)CC2)C1. The van der Waals surface area contributed by atoms with Gasteiger partial charge in [-0.1, -0.05) is 0 Å². The molecule has 2 amide bonds. The first-order valence-electron chi connectivity index (χ1n) is 4.57. The number of hydrogen-bond donors (Lipinski definition) is 2. The number of carbonyl (C=O) groups excluding carboxylic acids is 2. The molecular formula is C8H12N4O2. The van der Waals surface area contributed by atoms with Gasteiger partial charge in [-0.05, 0) is 0 Å². The highest BCUT2D eigenvalue weighted by atomic mass is 16.2. The van der Waals surface area contributed by atoms with Gasteiger partial charge in [0.05, 0.1) is 0 Å². The lowest BCUT2D eigenvalue weighted by Gasteiger charge is -2.37. The third-order valence-corrected chi connectivity index (χ3v) is 2.35. The van der Waals surface area contributed by atoms with Crippen LogP contribution < -0.4 is 11.2 Å². The maximum atomic E-state index is 11.6. The molecule has 0 bridgehead atoms. The number of nitrogens with zero attached hydrogens (tertiary/aromatic N) is 2. The number of nitrogens with two attached hydrogens (primary N) is 1. The normalized spacial score (nSPS) is 22.5. The number of rotatable bonds is 1. The van der Waals surface area contributed by atoms with Crippen molar-refractivity contribution in [1.29, 1.82) is 0 Å². The van der Waals surface area contributed by atoms with Crippen LogP contribution in [-0.2, 0) is 9.59 Å². The van der Waals surface area contributed by atoms with E-state index in [4.69, 9.17) is 5.73 Å². The minimum absolute atomic E-state index is 0.0951. The van der Waals surface area contributed by atoms with Crippen LogP contribution in [0.4, 0.5) is 0 Å². The highest BCUT2D eigenvalue weighted by Gasteiger charge is 2.31. The molecule has 2 aliphatic rings. The predicted octanol–water partition coefficient (Wildman–Crippen LogP) is -1.58. The molecule has 0 aliphatic carbocycles. The number of amides is 2. The Hall–Kier alpha value is -1.43. The van der Waals surface area contributed by atoms with Crippen LogP contribution in [0.15, 0.2) is 5.10 Å². The van der Waals surface area contributed by atoms with Gasteiger partial charge in [0.25, 0.3) is 5.91 Å². The fraction of sp³-hybridized carbons (Fsp3) is 0.625. The number of hydrogen-bond acceptors (Lipinski definition) is 4. The Morgan fingerprint density at radius 3 is 2.71 bits per heavy atom. The summed E-state index contributed by atoms with van der Waals surface area (Å²) in [6, 6.07) is 0.0951. The van der Waals surface area contributed by atoms with Crippen molar-refractivity contribution >= 4 is 17.5 Å². The second-order valence-corrected chi connectivity index (χ2v) is 3.56. The lowest BCUT2D eigenvalue weighted by molar-refractivity contribution is -0.128. The van der Waals surface area contributed by atoms with Gasteiger partial charge in [-0.15, -0.1) is 0 Å². The molecule has 0 radical (unpaired) electrons. The molecular weight excluding hydrogens is 184 g/mol. The van der Waals surface area contributed by atoms with Gasteiger partial charge in [0.2, 0.25) is 5.91 Å². The van der Waals surface area contributed by atoms with E-state index in [-0.39, 0.29) is 17.9 Å². The average Bonchev–Trinajstić information content (AvgIpc) is 2.13. The van der Waals surface area contributed by atoms with E-state index in [9.17, 15) is 9.59 Å². The fourth-order valence-corrected chi connectivity index (χ4v) is 1.49. The first-order chi connectivity index (χ1) is 6.66. The molecule has 0 atom stereocenters. The summed E-state index contributed by atoms with van der Waals surface area (Å²) in [7, 11) is 0. The van der Waals surface area contributed by atoms with Crippen LogP contribution >= 0.6 is 0 Å². The Morgan fingerprint density at radius 1 is 1.50 bits per heavy atom. The quantitative estimate of drug-likeness (QED) is 0.530. The summed E-state index contributed by atoms with van der Waals surface area (Å²) in [6.45, 7) is 1.18. The van der Waals surface area contributed by atoms with Crippen molar-refractivity contribution in [1.82, 2.24) is 10.3 Å². The van der Waals surface area contributed by atoms with E-state index in [1.807, 2.05) is 0 Å². The van der Waals surface area contributed by atoms with Crippen molar-refractivity contribution in [3.63, 3.8) is 0 Å². The molecule has 1 fully saturated rings. The molecule has 6 heteroatoms. The summed E-state index contributed by atoms with van der Waals surface area (Å²) in [5, 5.41) is 3.72. The van der Waals surface area contributed by atoms with Crippen molar-refractivity contribution in [2.45, 2.75) is 18.9 Å². The third kappa shape index (κ3) is 1.60. The largest absolute Gasteiger partial charge is 0.334 e. The van der Waals surface area contributed by atoms with Crippen LogP contribution in [-0.4, -0.2) is 41.6 Å². The monoisotopic (exact) mass is 196 g/mol. The standard InChI is InChI=1S/C8H12N4O2/c9-5-3-12(4-5)8(14)6-1-2-7(13)11-10-6/h5H,1-4,9H2,(H,11,13). The first-order valence-corrected chi connectivity index (χ1v) is 4.57. The highest BCUT2D eigenvalue weighted by Crippen LogP contribution is 2.09. The van der Waals surface area contributed by atoms with E-state index in [0.717, 1.165) is 0 Å². The summed E-state index contributed by atoms with van der Waals surface area (Å²) in [6.07, 6.45) is 0.765. The molecule has 2 heterocycles. The van der Waals surface area contributed by atoms with Gasteiger partial charge in [-0.3, -0.25) is 9.59 Å². The Balaban J connectivity index is 1.95. The zero-order valence-corrected chi connectivity index (χ0v) is 7.69. The Labute approximate surface area is 81.1 Å². The maximum Gasteiger partial charge on any atom is 0.270 e. The second-order valence-electron chi connectivity index (χ2n) is 3.56. The molecule has 76 valence electrons. The molecule has 2 aliphatic heterocycles. The highest BCUT2D eigenvalue weighted by molar-refractivity contribution is 6.39. The van der Waals surface area contributed by atoms with E-state index in [1.165, 1.54) is 0 Å². The molecule has 0 saturated carbocycles. The number of likely N-dealkylation sites (tertiary alicyclic amines) is 1. The topological polar surface area (TPSA) is 87.8 Å². The van der Waals surface area contributed by atoms with Crippen molar-refractivity contribution in [3.05, 3.63) is 0 Å². The summed E-state index contributed by atoms with van der Waals surface area (Å²) >= 11 is 0. The molecule has 0 aromatic carbocycles. The van der Waals surface area contributed by atoms with Gasteiger partial charge >= 0.3 is 0 Å². The molecule has 0 unspecified atom stereocenters. The minimum Gasteiger partial charge on any atom is -0.334 e. The molecule has 0 spiro atoms. The van der Waals surface area contributed by atoms with Crippen LogP contribution in [0.5, 0.6) is 0 Å². The maximum absolute atomic E-state index is 11.6. The minimum atomic E-state index is -0.137. The van der Waals surface area contributed by atoms with Crippen LogP contribution in [0.3, 0.4) is 0 Å². The predicted molar refractivity (Wildman–Crippen MR) is 49.4 cm³/mol. The lowest BCUT2D eigenvalue weighted by Crippen LogP contribution is -2.59. The summed E-state index contributed by atoms with van der Waals surface area (Å²) in [5.41, 5.74) is 8.28. The van der Waals surface area contributed by atoms with Crippen LogP contribution in [0.1, 0.15) is 12.8 Å². The zero-order valence-electron chi connectivity index (χ0n) is 7.69. The smallest absolute Gasteiger partial charge is 0.270 e. The van der Waals surface area contributed by atoms with Crippen molar-refractivity contribution in [2.75, 3.05) is 13.1 Å². The summed E-state index contributed by atoms with van der Waals surface area (Å²) in [5.74, 6) is -0.242. The molecule has 2 rings (SSSR count). The number of hydrazone groups is 1. The van der Waals surface area contributed by atoms with Gasteiger partial charge in [-0.2, -0.15) is 5.10 Å². The number of carbonyl (C=O) groups is 2. The Morgan fingerprint density at radius 2 is 2.21 bits per heavy atom. The molecule has 3 N–H and O–H groups in total. The molecule has 0 aromatic heterocycles. The molecule has 6 nitrogen and oxygen atoms in total. The van der Waals surface area contributed by atoms with Gasteiger partial charge in [0.1, 0.15) is 5.71 Å². The Kier molecular flexibility index (Phi) is 2.20. The van der Waals surface area contributed by atoms with Crippen LogP contribution in [0.25, 0.3) is 0 Å². The third-order valence-electron chi connectivity index (χ3n) is 2.35. The zero-order chi connectivity index (χ0) is 10.1. The molecule has 1 saturated heterocycles. The van der Waals surface area contributed by atoms with E-state index in [2.05, 4.69) is 10.5 Å². The lowest BCUT2D eigenvalue weighted by atomic mass is 10.1. The molecule has 0 aromatic rings. The van der Waals surface area contributed by atoms with Gasteiger partial charge in [0, 0.05) is 32.0 Å². The van der Waals surface area contributed by atoms with Crippen molar-refractivity contribution < 1.29 is 9.59 Å². The van der Waals surface area contributed by atoms with Gasteiger partial charge in [-0.25, -0.2) is 5.43 Å². The van der Waals surface area contributed by atoms with E-state index >= 15 is 0 Å². The average molecular weight is 196 g/mol. The van der Waals surface area contributed by atoms with Gasteiger partial charge < -0.3 is 10.6 Å². The van der Waals surface area contributed by atoms with Crippen LogP contribution in [0, 0.1) is 0 Å². The van der Waals surface area contributed by atoms with Crippen LogP contribution in [0.2, 0.25) is 0 Å². The van der Waals surface area contributed by atoms with Crippen molar-refractivity contribution in [2.24, 2.45) is 10.8 Å². The van der Waals surface area contributed by atoms with Crippen molar-refractivity contribution in [3.8, 4) is 0 Å². The van der Waals surface area contributed by atoms with Gasteiger partial charge in [0.15, 0.2) is 0 Å². The van der Waals surface area contributed by atoms with E-state index in [0.29, 0.717) is 31.6 Å². The van der Waals surface area contributed by atoms with E-state index < -0.39 is 0 Å². The second kappa shape index (κ2) is 3.38.